The number of likely N-dealkylation sites (tertiary alicyclic amines) is 1. The van der Waals surface area contributed by atoms with E-state index in [0.717, 1.165) is 62.7 Å². The van der Waals surface area contributed by atoms with Gasteiger partial charge in [0, 0.05) is 43.2 Å². The first-order valence-electron chi connectivity index (χ1n) is 12.3. The summed E-state index contributed by atoms with van der Waals surface area (Å²) in [6.45, 7) is 2.62. The van der Waals surface area contributed by atoms with E-state index in [4.69, 9.17) is 0 Å². The average Bonchev–Trinajstić information content (AvgIpc) is 2.84. The number of carbonyl (C=O) groups excluding carboxylic acids is 3. The van der Waals surface area contributed by atoms with Crippen molar-refractivity contribution in [3.63, 3.8) is 0 Å². The third kappa shape index (κ3) is 7.06. The van der Waals surface area contributed by atoms with E-state index in [1.807, 2.05) is 12.1 Å². The maximum absolute atomic E-state index is 12.8. The van der Waals surface area contributed by atoms with Crippen LogP contribution in [0.3, 0.4) is 0 Å². The zero-order chi connectivity index (χ0) is 26.6. The molecule has 3 amide bonds. The predicted molar refractivity (Wildman–Crippen MR) is 131 cm³/mol. The molecule has 1 aromatic heterocycles. The molecule has 0 atom stereocenters. The third-order valence-electron chi connectivity index (χ3n) is 6.87. The molecule has 1 saturated heterocycles. The van der Waals surface area contributed by atoms with Gasteiger partial charge < -0.3 is 16.0 Å². The third-order valence-corrected chi connectivity index (χ3v) is 6.87. The van der Waals surface area contributed by atoms with Gasteiger partial charge in [-0.15, -0.1) is 0 Å². The van der Waals surface area contributed by atoms with Crippen molar-refractivity contribution in [2.24, 2.45) is 0 Å². The minimum absolute atomic E-state index is 0.0151. The summed E-state index contributed by atoms with van der Waals surface area (Å²) >= 11 is 0. The summed E-state index contributed by atoms with van der Waals surface area (Å²) in [5.74, 6) is -0.839. The number of nitrogens with zero attached hydrogens (tertiary/aromatic N) is 2. The largest absolute Gasteiger partial charge is 0.416 e. The number of aromatic nitrogens is 1. The van der Waals surface area contributed by atoms with Crippen LogP contribution < -0.4 is 16.0 Å². The summed E-state index contributed by atoms with van der Waals surface area (Å²) in [6.07, 6.45) is 1.26. The smallest absolute Gasteiger partial charge is 0.349 e. The summed E-state index contributed by atoms with van der Waals surface area (Å²) in [7, 11) is 0. The highest BCUT2D eigenvalue weighted by molar-refractivity contribution is 5.96. The number of benzene rings is 1. The molecule has 4 rings (SSSR count). The van der Waals surface area contributed by atoms with Gasteiger partial charge in [-0.2, -0.15) is 13.2 Å². The minimum Gasteiger partial charge on any atom is -0.349 e. The lowest BCUT2D eigenvalue weighted by molar-refractivity contribution is -0.137. The molecule has 2 aliphatic rings. The Balaban J connectivity index is 1.15. The predicted octanol–water partition coefficient (Wildman–Crippen LogP) is 3.32. The van der Waals surface area contributed by atoms with Gasteiger partial charge in [0.2, 0.25) is 11.8 Å². The van der Waals surface area contributed by atoms with Gasteiger partial charge in [-0.3, -0.25) is 24.3 Å². The van der Waals surface area contributed by atoms with Crippen LogP contribution in [0.5, 0.6) is 0 Å². The Bertz CT molecular complexity index is 1130. The summed E-state index contributed by atoms with van der Waals surface area (Å²) in [4.78, 5) is 42.4. The van der Waals surface area contributed by atoms with Crippen molar-refractivity contribution in [3.8, 4) is 0 Å². The molecule has 0 spiro atoms. The Morgan fingerprint density at radius 3 is 2.41 bits per heavy atom. The maximum Gasteiger partial charge on any atom is 0.416 e. The highest BCUT2D eigenvalue weighted by Gasteiger charge is 2.36. The fourth-order valence-corrected chi connectivity index (χ4v) is 4.94. The van der Waals surface area contributed by atoms with Gasteiger partial charge in [0.25, 0.3) is 5.91 Å². The van der Waals surface area contributed by atoms with Crippen molar-refractivity contribution < 1.29 is 27.6 Å². The number of rotatable bonds is 7. The zero-order valence-electron chi connectivity index (χ0n) is 20.5. The van der Waals surface area contributed by atoms with E-state index in [1.54, 1.807) is 6.20 Å². The Labute approximate surface area is 213 Å². The van der Waals surface area contributed by atoms with Crippen molar-refractivity contribution in [2.45, 2.75) is 56.8 Å². The van der Waals surface area contributed by atoms with Crippen LogP contribution in [0.1, 0.15) is 60.1 Å². The number of halogens is 3. The number of alkyl halides is 3. The zero-order valence-corrected chi connectivity index (χ0v) is 20.5. The molecule has 11 heteroatoms. The second-order valence-electron chi connectivity index (χ2n) is 9.64. The van der Waals surface area contributed by atoms with Crippen LogP contribution in [0.15, 0.2) is 42.6 Å². The number of hydrogen-bond acceptors (Lipinski definition) is 5. The first-order valence-corrected chi connectivity index (χ1v) is 12.3. The van der Waals surface area contributed by atoms with Gasteiger partial charge in [-0.25, -0.2) is 0 Å². The van der Waals surface area contributed by atoms with Gasteiger partial charge in [-0.05, 0) is 56.0 Å². The summed E-state index contributed by atoms with van der Waals surface area (Å²) in [6, 6.07) is 8.37. The molecule has 2 heterocycles. The number of amides is 3. The number of hydrogen-bond donors (Lipinski definition) is 3. The van der Waals surface area contributed by atoms with Crippen LogP contribution in [-0.4, -0.2) is 59.3 Å². The molecule has 1 saturated carbocycles. The van der Waals surface area contributed by atoms with E-state index in [9.17, 15) is 27.6 Å². The molecule has 0 radical (unpaired) electrons. The number of nitrogens with one attached hydrogen (secondary N) is 3. The van der Waals surface area contributed by atoms with E-state index in [2.05, 4.69) is 25.8 Å². The quantitative estimate of drug-likeness (QED) is 0.523. The number of anilines is 1. The fourth-order valence-electron chi connectivity index (χ4n) is 4.94. The lowest BCUT2D eigenvalue weighted by atomic mass is 9.82. The minimum atomic E-state index is -4.54. The van der Waals surface area contributed by atoms with Gasteiger partial charge in [0.1, 0.15) is 0 Å². The van der Waals surface area contributed by atoms with Crippen molar-refractivity contribution in [1.82, 2.24) is 20.5 Å². The summed E-state index contributed by atoms with van der Waals surface area (Å²) < 4.78 is 38.5. The molecular weight excluding hydrogens is 487 g/mol. The standard InChI is InChI=1S/C26H30F3N5O3/c1-16(35)32-20-7-10-23(30-12-20)17-5-8-22(9-6-17)34-14-21(15-34)33-24(36)13-31-25(37)18-3-2-4-19(11-18)26(27,28)29/h2-4,7,10-12,17,21-22H,5-6,8-9,13-15H2,1H3,(H,31,37)(H,32,35)(H,33,36)/t17-,22+. The molecule has 8 nitrogen and oxygen atoms in total. The van der Waals surface area contributed by atoms with Gasteiger partial charge in [0.15, 0.2) is 0 Å². The van der Waals surface area contributed by atoms with Crippen LogP contribution in [-0.2, 0) is 15.8 Å². The number of carbonyl (C=O) groups is 3. The van der Waals surface area contributed by atoms with E-state index in [0.29, 0.717) is 17.6 Å². The van der Waals surface area contributed by atoms with Gasteiger partial charge in [-0.1, -0.05) is 6.07 Å². The summed E-state index contributed by atoms with van der Waals surface area (Å²) in [5.41, 5.74) is 0.665. The molecule has 1 aromatic carbocycles. The van der Waals surface area contributed by atoms with Crippen molar-refractivity contribution in [1.29, 1.82) is 0 Å². The van der Waals surface area contributed by atoms with E-state index in [-0.39, 0.29) is 30.0 Å². The normalized spacial score (nSPS) is 20.5. The van der Waals surface area contributed by atoms with E-state index in [1.165, 1.54) is 13.0 Å². The molecular formula is C26H30F3N5O3. The van der Waals surface area contributed by atoms with E-state index >= 15 is 0 Å². The number of pyridine rings is 1. The fraction of sp³-hybridized carbons (Fsp3) is 0.462. The molecule has 2 fully saturated rings. The summed E-state index contributed by atoms with van der Waals surface area (Å²) in [5, 5.41) is 7.97. The molecule has 198 valence electrons. The molecule has 1 aliphatic heterocycles. The average molecular weight is 518 g/mol. The maximum atomic E-state index is 12.8. The van der Waals surface area contributed by atoms with Crippen LogP contribution in [0.25, 0.3) is 0 Å². The van der Waals surface area contributed by atoms with Crippen molar-refractivity contribution >= 4 is 23.4 Å². The Morgan fingerprint density at radius 1 is 1.05 bits per heavy atom. The lowest BCUT2D eigenvalue weighted by Crippen LogP contribution is -2.63. The highest BCUT2D eigenvalue weighted by Crippen LogP contribution is 2.35. The lowest BCUT2D eigenvalue weighted by Gasteiger charge is -2.46. The molecule has 0 unspecified atom stereocenters. The van der Waals surface area contributed by atoms with Crippen molar-refractivity contribution in [2.75, 3.05) is 25.0 Å². The molecule has 3 N–H and O–H groups in total. The molecule has 1 aliphatic carbocycles. The van der Waals surface area contributed by atoms with Crippen LogP contribution in [0.4, 0.5) is 18.9 Å². The van der Waals surface area contributed by atoms with Crippen LogP contribution in [0.2, 0.25) is 0 Å². The van der Waals surface area contributed by atoms with E-state index < -0.39 is 17.6 Å². The van der Waals surface area contributed by atoms with Gasteiger partial charge in [0.05, 0.1) is 30.0 Å². The second-order valence-corrected chi connectivity index (χ2v) is 9.64. The second kappa shape index (κ2) is 11.3. The Kier molecular flexibility index (Phi) is 8.11. The van der Waals surface area contributed by atoms with Crippen LogP contribution in [0, 0.1) is 0 Å². The molecule has 37 heavy (non-hydrogen) atoms. The molecule has 2 aromatic rings. The molecule has 0 bridgehead atoms. The monoisotopic (exact) mass is 517 g/mol. The SMILES string of the molecule is CC(=O)Nc1ccc([C@H]2CC[C@@H](N3CC(NC(=O)CNC(=O)c4cccc(C(F)(F)F)c4)C3)CC2)nc1. The Morgan fingerprint density at radius 2 is 1.78 bits per heavy atom. The highest BCUT2D eigenvalue weighted by atomic mass is 19.4. The first-order chi connectivity index (χ1) is 17.6. The van der Waals surface area contributed by atoms with Gasteiger partial charge >= 0.3 is 6.18 Å². The topological polar surface area (TPSA) is 103 Å². The van der Waals surface area contributed by atoms with Crippen LogP contribution >= 0.6 is 0 Å². The first kappa shape index (κ1) is 26.6. The Hall–Kier alpha value is -3.47. The van der Waals surface area contributed by atoms with Crippen molar-refractivity contribution in [3.05, 3.63) is 59.4 Å².